The van der Waals surface area contributed by atoms with Gasteiger partial charge in [-0.3, -0.25) is 0 Å². The number of nitrogens with one attached hydrogen (secondary N) is 1. The molecule has 1 saturated carbocycles. The summed E-state index contributed by atoms with van der Waals surface area (Å²) < 4.78 is 26.3. The molecule has 0 bridgehead atoms. The third kappa shape index (κ3) is 2.95. The van der Waals surface area contributed by atoms with E-state index in [0.29, 0.717) is 0 Å². The van der Waals surface area contributed by atoms with E-state index in [4.69, 9.17) is 5.11 Å². The van der Waals surface area contributed by atoms with Gasteiger partial charge in [-0.1, -0.05) is 0 Å². The summed E-state index contributed by atoms with van der Waals surface area (Å²) in [5, 5.41) is 11.2. The van der Waals surface area contributed by atoms with Gasteiger partial charge >= 0.3 is 6.03 Å². The van der Waals surface area contributed by atoms with Crippen LogP contribution in [0.2, 0.25) is 0 Å². The largest absolute Gasteiger partial charge is 0.395 e. The SMILES string of the molecule is O=C(Nc1cc(F)ccc1F)N(CCO)C1CC1. The molecule has 98 valence electrons. The third-order valence-corrected chi connectivity index (χ3v) is 2.76. The lowest BCUT2D eigenvalue weighted by Crippen LogP contribution is -2.38. The maximum Gasteiger partial charge on any atom is 0.322 e. The second kappa shape index (κ2) is 5.30. The lowest BCUT2D eigenvalue weighted by molar-refractivity contribution is 0.185. The minimum atomic E-state index is -0.690. The van der Waals surface area contributed by atoms with E-state index < -0.39 is 17.7 Å². The molecule has 1 aromatic carbocycles. The molecule has 0 heterocycles. The molecule has 0 unspecified atom stereocenters. The van der Waals surface area contributed by atoms with Crippen LogP contribution in [0.1, 0.15) is 12.8 Å². The Balaban J connectivity index is 2.07. The molecule has 1 aromatic rings. The van der Waals surface area contributed by atoms with Crippen LogP contribution in [0.15, 0.2) is 18.2 Å². The smallest absolute Gasteiger partial charge is 0.322 e. The van der Waals surface area contributed by atoms with Gasteiger partial charge < -0.3 is 15.3 Å². The van der Waals surface area contributed by atoms with Gasteiger partial charge in [0, 0.05) is 18.7 Å². The van der Waals surface area contributed by atoms with Gasteiger partial charge in [0.2, 0.25) is 0 Å². The van der Waals surface area contributed by atoms with Gasteiger partial charge in [0.1, 0.15) is 11.6 Å². The van der Waals surface area contributed by atoms with E-state index in [1.807, 2.05) is 0 Å². The first-order chi connectivity index (χ1) is 8.61. The Bertz CT molecular complexity index is 450. The van der Waals surface area contributed by atoms with Gasteiger partial charge in [0.05, 0.1) is 12.3 Å². The van der Waals surface area contributed by atoms with Crippen molar-refractivity contribution in [3.63, 3.8) is 0 Å². The van der Waals surface area contributed by atoms with E-state index in [-0.39, 0.29) is 24.9 Å². The highest BCUT2D eigenvalue weighted by atomic mass is 19.1. The molecule has 2 rings (SSSR count). The summed E-state index contributed by atoms with van der Waals surface area (Å²) in [5.74, 6) is -1.31. The second-order valence-corrected chi connectivity index (χ2v) is 4.20. The fourth-order valence-corrected chi connectivity index (χ4v) is 1.72. The number of benzene rings is 1. The number of urea groups is 1. The van der Waals surface area contributed by atoms with Gasteiger partial charge in [0.25, 0.3) is 0 Å². The summed E-state index contributed by atoms with van der Waals surface area (Å²) in [6, 6.07) is 2.44. The Hall–Kier alpha value is -1.69. The molecule has 1 aliphatic carbocycles. The maximum atomic E-state index is 13.3. The van der Waals surface area contributed by atoms with Gasteiger partial charge in [-0.15, -0.1) is 0 Å². The zero-order chi connectivity index (χ0) is 13.1. The minimum absolute atomic E-state index is 0.0915. The molecule has 0 spiro atoms. The monoisotopic (exact) mass is 256 g/mol. The van der Waals surface area contributed by atoms with E-state index in [1.165, 1.54) is 4.90 Å². The number of carbonyl (C=O) groups excluding carboxylic acids is 1. The number of rotatable bonds is 4. The van der Waals surface area contributed by atoms with Crippen LogP contribution in [-0.4, -0.2) is 35.2 Å². The van der Waals surface area contributed by atoms with Crippen LogP contribution in [0, 0.1) is 11.6 Å². The lowest BCUT2D eigenvalue weighted by atomic mass is 10.3. The van der Waals surface area contributed by atoms with Gasteiger partial charge in [-0.05, 0) is 25.0 Å². The fourth-order valence-electron chi connectivity index (χ4n) is 1.72. The predicted octanol–water partition coefficient (Wildman–Crippen LogP) is 1.95. The number of halogens is 2. The van der Waals surface area contributed by atoms with E-state index in [0.717, 1.165) is 31.0 Å². The summed E-state index contributed by atoms with van der Waals surface area (Å²) >= 11 is 0. The molecule has 0 atom stereocenters. The number of amides is 2. The molecule has 2 amide bonds. The third-order valence-electron chi connectivity index (χ3n) is 2.76. The maximum absolute atomic E-state index is 13.3. The Morgan fingerprint density at radius 2 is 2.17 bits per heavy atom. The van der Waals surface area contributed by atoms with Crippen molar-refractivity contribution in [2.24, 2.45) is 0 Å². The zero-order valence-electron chi connectivity index (χ0n) is 9.70. The molecule has 18 heavy (non-hydrogen) atoms. The number of aliphatic hydroxyl groups excluding tert-OH is 1. The van der Waals surface area contributed by atoms with Gasteiger partial charge in [-0.2, -0.15) is 0 Å². The van der Waals surface area contributed by atoms with Gasteiger partial charge in [0.15, 0.2) is 0 Å². The summed E-state index contributed by atoms with van der Waals surface area (Å²) in [6.45, 7) is 0.0307. The van der Waals surface area contributed by atoms with Crippen molar-refractivity contribution in [1.29, 1.82) is 0 Å². The average molecular weight is 256 g/mol. The van der Waals surface area contributed by atoms with Crippen LogP contribution in [0.25, 0.3) is 0 Å². The Morgan fingerprint density at radius 3 is 2.78 bits per heavy atom. The average Bonchev–Trinajstić information content (AvgIpc) is 3.14. The normalized spacial score (nSPS) is 14.4. The van der Waals surface area contributed by atoms with Crippen LogP contribution in [0.4, 0.5) is 19.3 Å². The molecule has 2 N–H and O–H groups in total. The highest BCUT2D eigenvalue weighted by Crippen LogP contribution is 2.27. The summed E-state index contributed by atoms with van der Waals surface area (Å²) in [6.07, 6.45) is 1.75. The Labute approximate surface area is 103 Å². The molecular weight excluding hydrogens is 242 g/mol. The number of hydrogen-bond acceptors (Lipinski definition) is 2. The van der Waals surface area contributed by atoms with Crippen molar-refractivity contribution in [3.05, 3.63) is 29.8 Å². The fraction of sp³-hybridized carbons (Fsp3) is 0.417. The quantitative estimate of drug-likeness (QED) is 0.865. The number of anilines is 1. The van der Waals surface area contributed by atoms with E-state index in [1.54, 1.807) is 0 Å². The molecule has 0 aliphatic heterocycles. The van der Waals surface area contributed by atoms with Crippen molar-refractivity contribution in [2.75, 3.05) is 18.5 Å². The number of carbonyl (C=O) groups is 1. The van der Waals surface area contributed by atoms with Crippen LogP contribution in [0.3, 0.4) is 0 Å². The molecule has 1 fully saturated rings. The van der Waals surface area contributed by atoms with E-state index in [2.05, 4.69) is 5.32 Å². The van der Waals surface area contributed by atoms with Crippen molar-refractivity contribution in [2.45, 2.75) is 18.9 Å². The summed E-state index contributed by atoms with van der Waals surface area (Å²) in [5.41, 5.74) is -0.191. The molecule has 4 nitrogen and oxygen atoms in total. The topological polar surface area (TPSA) is 52.6 Å². The number of nitrogens with zero attached hydrogens (tertiary/aromatic N) is 1. The highest BCUT2D eigenvalue weighted by Gasteiger charge is 2.32. The molecule has 0 saturated heterocycles. The Kier molecular flexibility index (Phi) is 3.76. The van der Waals surface area contributed by atoms with E-state index >= 15 is 0 Å². The summed E-state index contributed by atoms with van der Waals surface area (Å²) in [4.78, 5) is 13.3. The van der Waals surface area contributed by atoms with Crippen molar-refractivity contribution >= 4 is 11.7 Å². The highest BCUT2D eigenvalue weighted by molar-refractivity contribution is 5.89. The van der Waals surface area contributed by atoms with Crippen molar-refractivity contribution in [3.8, 4) is 0 Å². The molecule has 0 radical (unpaired) electrons. The zero-order valence-corrected chi connectivity index (χ0v) is 9.70. The Morgan fingerprint density at radius 1 is 1.44 bits per heavy atom. The number of aliphatic hydroxyl groups is 1. The van der Waals surface area contributed by atoms with Gasteiger partial charge in [-0.25, -0.2) is 13.6 Å². The summed E-state index contributed by atoms with van der Waals surface area (Å²) in [7, 11) is 0. The van der Waals surface area contributed by atoms with Crippen LogP contribution in [-0.2, 0) is 0 Å². The van der Waals surface area contributed by atoms with Crippen molar-refractivity contribution in [1.82, 2.24) is 4.90 Å². The van der Waals surface area contributed by atoms with Crippen LogP contribution in [0.5, 0.6) is 0 Å². The van der Waals surface area contributed by atoms with Crippen LogP contribution >= 0.6 is 0 Å². The second-order valence-electron chi connectivity index (χ2n) is 4.20. The molecular formula is C12H14F2N2O2. The van der Waals surface area contributed by atoms with Crippen molar-refractivity contribution < 1.29 is 18.7 Å². The lowest BCUT2D eigenvalue weighted by Gasteiger charge is -2.21. The first-order valence-electron chi connectivity index (χ1n) is 5.75. The minimum Gasteiger partial charge on any atom is -0.395 e. The predicted molar refractivity (Wildman–Crippen MR) is 62.2 cm³/mol. The molecule has 1 aliphatic rings. The first-order valence-corrected chi connectivity index (χ1v) is 5.75. The standard InChI is InChI=1S/C12H14F2N2O2/c13-8-1-4-10(14)11(7-8)15-12(18)16(5-6-17)9-2-3-9/h1,4,7,9,17H,2-3,5-6H2,(H,15,18). The number of hydrogen-bond donors (Lipinski definition) is 2. The molecule has 0 aromatic heterocycles. The van der Waals surface area contributed by atoms with Crippen LogP contribution < -0.4 is 5.32 Å². The van der Waals surface area contributed by atoms with E-state index in [9.17, 15) is 13.6 Å². The first kappa shape index (κ1) is 12.8. The molecule has 6 heteroatoms.